The van der Waals surface area contributed by atoms with Crippen LogP contribution in [0.2, 0.25) is 5.02 Å². The summed E-state index contributed by atoms with van der Waals surface area (Å²) in [6.07, 6.45) is 3.47. The number of hydrogen-bond donors (Lipinski definition) is 2. The highest BCUT2D eigenvalue weighted by molar-refractivity contribution is 7.89. The Balaban J connectivity index is 1.28. The van der Waals surface area contributed by atoms with Gasteiger partial charge in [0.15, 0.2) is 5.58 Å². The highest BCUT2D eigenvalue weighted by Gasteiger charge is 2.36. The van der Waals surface area contributed by atoms with Crippen LogP contribution in [0.15, 0.2) is 76.2 Å². The first-order chi connectivity index (χ1) is 17.7. The van der Waals surface area contributed by atoms with Gasteiger partial charge >= 0.3 is 0 Å². The van der Waals surface area contributed by atoms with Crippen molar-refractivity contribution in [1.82, 2.24) is 14.6 Å². The van der Waals surface area contributed by atoms with E-state index in [1.165, 1.54) is 18.2 Å². The zero-order valence-electron chi connectivity index (χ0n) is 19.4. The van der Waals surface area contributed by atoms with Crippen LogP contribution >= 0.6 is 11.6 Å². The SMILES string of the molecule is Nc1ccc(C=CC(=O)NCc2cc3cc(-c4ccc(S(=O)(=O)N5CC(F)C5)cc4)cc(Cl)c3o2)cn1. The van der Waals surface area contributed by atoms with Crippen LogP contribution in [0.4, 0.5) is 10.2 Å². The second-order valence-corrected chi connectivity index (χ2v) is 10.9. The topological polar surface area (TPSA) is 119 Å². The summed E-state index contributed by atoms with van der Waals surface area (Å²) in [7, 11) is -3.70. The van der Waals surface area contributed by atoms with Crippen LogP contribution in [-0.2, 0) is 21.4 Å². The van der Waals surface area contributed by atoms with Gasteiger partial charge in [0.2, 0.25) is 15.9 Å². The van der Waals surface area contributed by atoms with Crippen molar-refractivity contribution in [1.29, 1.82) is 0 Å². The fourth-order valence-electron chi connectivity index (χ4n) is 3.89. The number of benzene rings is 2. The lowest BCUT2D eigenvalue weighted by molar-refractivity contribution is -0.116. The minimum absolute atomic E-state index is 0.110. The number of carbonyl (C=O) groups is 1. The lowest BCUT2D eigenvalue weighted by Gasteiger charge is -2.33. The Labute approximate surface area is 217 Å². The molecule has 0 saturated carbocycles. The quantitative estimate of drug-likeness (QED) is 0.335. The summed E-state index contributed by atoms with van der Waals surface area (Å²) in [5.74, 6) is 0.615. The molecule has 0 spiro atoms. The molecule has 1 aliphatic heterocycles. The molecule has 1 saturated heterocycles. The number of nitrogens with two attached hydrogens (primary N) is 1. The number of nitrogens with one attached hydrogen (secondary N) is 1. The molecule has 2 aromatic carbocycles. The fourth-order valence-corrected chi connectivity index (χ4v) is 5.65. The maximum atomic E-state index is 13.1. The molecule has 3 heterocycles. The number of hydrogen-bond acceptors (Lipinski definition) is 6. The van der Waals surface area contributed by atoms with Gasteiger partial charge in [0.05, 0.1) is 16.5 Å². The summed E-state index contributed by atoms with van der Waals surface area (Å²) in [6.45, 7) is -0.0712. The van der Waals surface area contributed by atoms with Crippen LogP contribution in [-0.4, -0.2) is 42.9 Å². The molecule has 0 aliphatic carbocycles. The Morgan fingerprint density at radius 2 is 1.92 bits per heavy atom. The minimum atomic E-state index is -3.70. The fraction of sp³-hybridized carbons (Fsp3) is 0.154. The first-order valence-electron chi connectivity index (χ1n) is 11.3. The van der Waals surface area contributed by atoms with Crippen molar-refractivity contribution in [2.24, 2.45) is 0 Å². The summed E-state index contributed by atoms with van der Waals surface area (Å²) < 4.78 is 45.2. The maximum absolute atomic E-state index is 13.1. The van der Waals surface area contributed by atoms with Crippen molar-refractivity contribution in [2.75, 3.05) is 18.8 Å². The van der Waals surface area contributed by atoms with Gasteiger partial charge in [0.1, 0.15) is 17.7 Å². The van der Waals surface area contributed by atoms with Crippen molar-refractivity contribution in [2.45, 2.75) is 17.6 Å². The Morgan fingerprint density at radius 1 is 1.16 bits per heavy atom. The van der Waals surface area contributed by atoms with Gasteiger partial charge < -0.3 is 15.5 Å². The molecule has 0 unspecified atom stereocenters. The number of amides is 1. The van der Waals surface area contributed by atoms with Crippen molar-refractivity contribution >= 4 is 50.4 Å². The number of fused-ring (bicyclic) bond motifs is 1. The summed E-state index contributed by atoms with van der Waals surface area (Å²) in [5, 5.41) is 3.88. The van der Waals surface area contributed by atoms with Crippen LogP contribution < -0.4 is 11.1 Å². The van der Waals surface area contributed by atoms with E-state index in [0.29, 0.717) is 22.2 Å². The molecule has 190 valence electrons. The lowest BCUT2D eigenvalue weighted by Crippen LogP contribution is -2.51. The summed E-state index contributed by atoms with van der Waals surface area (Å²) in [6, 6.07) is 15.1. The van der Waals surface area contributed by atoms with E-state index in [2.05, 4.69) is 10.3 Å². The van der Waals surface area contributed by atoms with Crippen LogP contribution in [0, 0.1) is 0 Å². The number of furan rings is 1. The third-order valence-electron chi connectivity index (χ3n) is 5.92. The number of halogens is 2. The lowest BCUT2D eigenvalue weighted by atomic mass is 10.0. The van der Waals surface area contributed by atoms with E-state index in [1.54, 1.807) is 48.7 Å². The molecule has 0 radical (unpaired) electrons. The van der Waals surface area contributed by atoms with Crippen LogP contribution in [0.25, 0.3) is 28.2 Å². The average molecular weight is 541 g/mol. The second kappa shape index (κ2) is 9.97. The van der Waals surface area contributed by atoms with Gasteiger partial charge in [-0.05, 0) is 65.2 Å². The molecular formula is C26H22ClFN4O4S. The zero-order chi connectivity index (χ0) is 26.2. The molecule has 3 N–H and O–H groups in total. The smallest absolute Gasteiger partial charge is 0.244 e. The molecule has 11 heteroatoms. The van der Waals surface area contributed by atoms with Gasteiger partial charge in [-0.1, -0.05) is 23.7 Å². The number of rotatable bonds is 7. The van der Waals surface area contributed by atoms with E-state index in [1.807, 2.05) is 6.07 Å². The average Bonchev–Trinajstić information content (AvgIpc) is 3.29. The minimum Gasteiger partial charge on any atom is -0.458 e. The molecule has 0 atom stereocenters. The molecule has 2 aromatic heterocycles. The van der Waals surface area contributed by atoms with Gasteiger partial charge in [-0.3, -0.25) is 4.79 Å². The number of alkyl halides is 1. The van der Waals surface area contributed by atoms with E-state index in [9.17, 15) is 17.6 Å². The summed E-state index contributed by atoms with van der Waals surface area (Å²) >= 11 is 6.46. The van der Waals surface area contributed by atoms with E-state index < -0.39 is 16.2 Å². The summed E-state index contributed by atoms with van der Waals surface area (Å²) in [4.78, 5) is 16.3. The van der Waals surface area contributed by atoms with E-state index in [-0.39, 0.29) is 30.4 Å². The first kappa shape index (κ1) is 24.9. The molecule has 5 rings (SSSR count). The highest BCUT2D eigenvalue weighted by atomic mass is 35.5. The van der Waals surface area contributed by atoms with Gasteiger partial charge in [0.25, 0.3) is 0 Å². The molecule has 37 heavy (non-hydrogen) atoms. The zero-order valence-corrected chi connectivity index (χ0v) is 21.0. The number of nitrogens with zero attached hydrogens (tertiary/aromatic N) is 2. The third kappa shape index (κ3) is 5.36. The van der Waals surface area contributed by atoms with Crippen LogP contribution in [0.5, 0.6) is 0 Å². The predicted molar refractivity (Wildman–Crippen MR) is 140 cm³/mol. The standard InChI is InChI=1S/C26H22ClFN4O4S/c27-23-11-18(17-3-5-22(6-4-17)37(34,35)32-14-20(28)15-32)9-19-10-21(36-26(19)23)13-31-25(33)8-2-16-1-7-24(29)30-12-16/h1-12,20H,13-15H2,(H2,29,30)(H,31,33). The predicted octanol–water partition coefficient (Wildman–Crippen LogP) is 4.40. The molecule has 1 fully saturated rings. The molecule has 0 bridgehead atoms. The summed E-state index contributed by atoms with van der Waals surface area (Å²) in [5.41, 5.74) is 8.30. The second-order valence-electron chi connectivity index (χ2n) is 8.60. The normalized spacial score (nSPS) is 14.8. The van der Waals surface area contributed by atoms with Crippen molar-refractivity contribution < 1.29 is 22.0 Å². The van der Waals surface area contributed by atoms with Crippen molar-refractivity contribution in [3.8, 4) is 11.1 Å². The van der Waals surface area contributed by atoms with E-state index >= 15 is 0 Å². The van der Waals surface area contributed by atoms with E-state index in [0.717, 1.165) is 26.4 Å². The number of carbonyl (C=O) groups excluding carboxylic acids is 1. The van der Waals surface area contributed by atoms with Crippen LogP contribution in [0.1, 0.15) is 11.3 Å². The Hall–Kier alpha value is -3.73. The Kier molecular flexibility index (Phi) is 6.72. The van der Waals surface area contributed by atoms with Gasteiger partial charge in [-0.15, -0.1) is 0 Å². The monoisotopic (exact) mass is 540 g/mol. The number of anilines is 1. The number of pyridine rings is 1. The highest BCUT2D eigenvalue weighted by Crippen LogP contribution is 2.34. The molecule has 1 aliphatic rings. The van der Waals surface area contributed by atoms with Gasteiger partial charge in [-0.25, -0.2) is 17.8 Å². The van der Waals surface area contributed by atoms with Gasteiger partial charge in [0, 0.05) is 30.7 Å². The molecule has 4 aromatic rings. The third-order valence-corrected chi connectivity index (χ3v) is 8.05. The number of aromatic nitrogens is 1. The van der Waals surface area contributed by atoms with Crippen molar-refractivity contribution in [3.63, 3.8) is 0 Å². The Bertz CT molecular complexity index is 1600. The maximum Gasteiger partial charge on any atom is 0.244 e. The molecular weight excluding hydrogens is 519 g/mol. The van der Waals surface area contributed by atoms with E-state index in [4.69, 9.17) is 21.8 Å². The molecule has 8 nitrogen and oxygen atoms in total. The van der Waals surface area contributed by atoms with Crippen molar-refractivity contribution in [3.05, 3.63) is 83.2 Å². The first-order valence-corrected chi connectivity index (χ1v) is 13.1. The number of nitrogen functional groups attached to an aromatic ring is 1. The van der Waals surface area contributed by atoms with Crippen LogP contribution in [0.3, 0.4) is 0 Å². The number of sulfonamides is 1. The molecule has 1 amide bonds. The Morgan fingerprint density at radius 3 is 2.59 bits per heavy atom. The largest absolute Gasteiger partial charge is 0.458 e. The van der Waals surface area contributed by atoms with Gasteiger partial charge in [-0.2, -0.15) is 4.31 Å².